The van der Waals surface area contributed by atoms with Crippen molar-refractivity contribution in [3.63, 3.8) is 0 Å². The van der Waals surface area contributed by atoms with Crippen molar-refractivity contribution in [2.75, 3.05) is 32.5 Å². The standard InChI is InChI=1S/C24H27N7O/c1-30(2)22(32)19-9-18-14-27-23(29-21(18)31(19)24-10-15(11-24)12-24)28-20-4-3-17(13-26-20)16-5-7-25-8-6-16/h3-5,9,13-15,25H,6-8,10-12H2,1-2H3,(H,26,27,28,29). The molecule has 4 heterocycles. The zero-order chi connectivity index (χ0) is 21.9. The highest BCUT2D eigenvalue weighted by Gasteiger charge is 2.59. The van der Waals surface area contributed by atoms with Crippen LogP contribution < -0.4 is 10.6 Å². The van der Waals surface area contributed by atoms with Crippen molar-refractivity contribution in [1.82, 2.24) is 29.7 Å². The third-order valence-electron chi connectivity index (χ3n) is 7.08. The quantitative estimate of drug-likeness (QED) is 0.648. The van der Waals surface area contributed by atoms with Crippen molar-refractivity contribution >= 4 is 34.3 Å². The van der Waals surface area contributed by atoms with Crippen molar-refractivity contribution in [3.05, 3.63) is 47.9 Å². The van der Waals surface area contributed by atoms with E-state index in [1.165, 1.54) is 5.57 Å². The molecule has 0 saturated heterocycles. The minimum atomic E-state index is 0.00621. The first-order valence-corrected chi connectivity index (χ1v) is 11.3. The van der Waals surface area contributed by atoms with Crippen LogP contribution in [0.4, 0.5) is 11.8 Å². The number of anilines is 2. The zero-order valence-corrected chi connectivity index (χ0v) is 18.4. The number of hydrogen-bond acceptors (Lipinski definition) is 6. The van der Waals surface area contributed by atoms with E-state index >= 15 is 0 Å². The first-order chi connectivity index (χ1) is 15.5. The summed E-state index contributed by atoms with van der Waals surface area (Å²) in [6.07, 6.45) is 10.3. The van der Waals surface area contributed by atoms with Gasteiger partial charge in [0.15, 0.2) is 0 Å². The Morgan fingerprint density at radius 1 is 1.22 bits per heavy atom. The average molecular weight is 430 g/mol. The topological polar surface area (TPSA) is 88.0 Å². The molecule has 0 unspecified atom stereocenters. The number of amides is 1. The Hall–Kier alpha value is -3.26. The summed E-state index contributed by atoms with van der Waals surface area (Å²) < 4.78 is 2.18. The van der Waals surface area contributed by atoms with Crippen LogP contribution in [0.2, 0.25) is 0 Å². The van der Waals surface area contributed by atoms with Crippen LogP contribution in [-0.4, -0.2) is 57.5 Å². The van der Waals surface area contributed by atoms with E-state index in [-0.39, 0.29) is 11.4 Å². The summed E-state index contributed by atoms with van der Waals surface area (Å²) in [7, 11) is 3.58. The molecule has 3 aliphatic carbocycles. The highest BCUT2D eigenvalue weighted by Crippen LogP contribution is 2.63. The van der Waals surface area contributed by atoms with Crippen LogP contribution in [0.25, 0.3) is 16.6 Å². The minimum absolute atomic E-state index is 0.00621. The normalized spacial score (nSPS) is 23.8. The fraction of sp³-hybridized carbons (Fsp3) is 0.417. The summed E-state index contributed by atoms with van der Waals surface area (Å²) in [4.78, 5) is 28.4. The molecule has 2 bridgehead atoms. The van der Waals surface area contributed by atoms with Gasteiger partial charge in [0.2, 0.25) is 5.95 Å². The van der Waals surface area contributed by atoms with Crippen LogP contribution in [0.3, 0.4) is 0 Å². The summed E-state index contributed by atoms with van der Waals surface area (Å²) in [5.74, 6) is 2.00. The molecule has 3 saturated carbocycles. The number of rotatable bonds is 5. The van der Waals surface area contributed by atoms with Gasteiger partial charge in [0.25, 0.3) is 5.91 Å². The number of nitrogens with zero attached hydrogens (tertiary/aromatic N) is 5. The summed E-state index contributed by atoms with van der Waals surface area (Å²) >= 11 is 0. The van der Waals surface area contributed by atoms with Crippen LogP contribution in [0.5, 0.6) is 0 Å². The third-order valence-corrected chi connectivity index (χ3v) is 7.08. The second-order valence-corrected chi connectivity index (χ2v) is 9.48. The van der Waals surface area contributed by atoms with Crippen LogP contribution in [0.15, 0.2) is 36.7 Å². The Morgan fingerprint density at radius 3 is 2.69 bits per heavy atom. The van der Waals surface area contributed by atoms with E-state index in [0.29, 0.717) is 17.5 Å². The van der Waals surface area contributed by atoms with Gasteiger partial charge in [-0.3, -0.25) is 4.79 Å². The molecule has 164 valence electrons. The largest absolute Gasteiger partial charge is 0.343 e. The average Bonchev–Trinajstić information content (AvgIpc) is 3.11. The number of fused-ring (bicyclic) bond motifs is 1. The van der Waals surface area contributed by atoms with E-state index in [9.17, 15) is 4.79 Å². The number of pyridine rings is 1. The van der Waals surface area contributed by atoms with Crippen LogP contribution in [-0.2, 0) is 5.54 Å². The van der Waals surface area contributed by atoms with Gasteiger partial charge in [-0.2, -0.15) is 4.98 Å². The second kappa shape index (κ2) is 7.13. The summed E-state index contributed by atoms with van der Waals surface area (Å²) in [6.45, 7) is 1.91. The molecular weight excluding hydrogens is 402 g/mol. The molecule has 8 nitrogen and oxygen atoms in total. The van der Waals surface area contributed by atoms with Gasteiger partial charge in [-0.1, -0.05) is 6.08 Å². The Morgan fingerprint density at radius 2 is 2.06 bits per heavy atom. The van der Waals surface area contributed by atoms with E-state index in [1.807, 2.05) is 18.3 Å². The van der Waals surface area contributed by atoms with Gasteiger partial charge in [-0.25, -0.2) is 9.97 Å². The highest BCUT2D eigenvalue weighted by molar-refractivity contribution is 5.98. The van der Waals surface area contributed by atoms with E-state index < -0.39 is 0 Å². The van der Waals surface area contributed by atoms with Crippen molar-refractivity contribution < 1.29 is 4.79 Å². The molecule has 8 heteroatoms. The lowest BCUT2D eigenvalue weighted by atomic mass is 9.49. The lowest BCUT2D eigenvalue weighted by Crippen LogP contribution is -2.60. The minimum Gasteiger partial charge on any atom is -0.343 e. The predicted molar refractivity (Wildman–Crippen MR) is 124 cm³/mol. The lowest BCUT2D eigenvalue weighted by molar-refractivity contribution is -0.0870. The summed E-state index contributed by atoms with van der Waals surface area (Å²) in [5, 5.41) is 7.47. The smallest absolute Gasteiger partial charge is 0.270 e. The fourth-order valence-corrected chi connectivity index (χ4v) is 5.28. The van der Waals surface area contributed by atoms with E-state index in [4.69, 9.17) is 4.98 Å². The van der Waals surface area contributed by atoms with Gasteiger partial charge in [0.1, 0.15) is 17.2 Å². The molecule has 3 aromatic heterocycles. The van der Waals surface area contributed by atoms with E-state index in [2.05, 4.69) is 37.3 Å². The van der Waals surface area contributed by atoms with Gasteiger partial charge in [-0.05, 0) is 67.5 Å². The molecule has 0 aromatic carbocycles. The molecule has 0 atom stereocenters. The van der Waals surface area contributed by atoms with Gasteiger partial charge in [0, 0.05) is 44.0 Å². The van der Waals surface area contributed by atoms with Crippen molar-refractivity contribution in [3.8, 4) is 0 Å². The monoisotopic (exact) mass is 429 g/mol. The number of nitrogens with one attached hydrogen (secondary N) is 2. The molecule has 1 amide bonds. The molecule has 1 aliphatic heterocycles. The SMILES string of the molecule is CN(C)C(=O)c1cc2cnc(Nc3ccc(C4=CCNCC4)cn3)nc2n1C12CC(C1)C2. The Bertz CT molecular complexity index is 1220. The molecule has 7 rings (SSSR count). The van der Waals surface area contributed by atoms with Crippen LogP contribution >= 0.6 is 0 Å². The molecule has 0 radical (unpaired) electrons. The lowest BCUT2D eigenvalue weighted by Gasteiger charge is -2.62. The van der Waals surface area contributed by atoms with E-state index in [1.54, 1.807) is 25.2 Å². The number of hydrogen-bond donors (Lipinski definition) is 2. The first-order valence-electron chi connectivity index (χ1n) is 11.3. The summed E-state index contributed by atoms with van der Waals surface area (Å²) in [5.41, 5.74) is 4.05. The number of aromatic nitrogens is 4. The highest BCUT2D eigenvalue weighted by atomic mass is 16.2. The maximum absolute atomic E-state index is 12.9. The van der Waals surface area contributed by atoms with Gasteiger partial charge in [-0.15, -0.1) is 0 Å². The Kier molecular flexibility index (Phi) is 4.33. The van der Waals surface area contributed by atoms with E-state index in [0.717, 1.165) is 61.3 Å². The van der Waals surface area contributed by atoms with Gasteiger partial charge >= 0.3 is 0 Å². The van der Waals surface area contributed by atoms with Crippen molar-refractivity contribution in [2.24, 2.45) is 5.92 Å². The number of carbonyl (C=O) groups excluding carboxylic acids is 1. The third kappa shape index (κ3) is 3.01. The molecular formula is C24H27N7O. The van der Waals surface area contributed by atoms with Crippen molar-refractivity contribution in [2.45, 2.75) is 31.2 Å². The maximum atomic E-state index is 12.9. The Labute approximate surface area is 186 Å². The molecule has 3 fully saturated rings. The molecule has 32 heavy (non-hydrogen) atoms. The zero-order valence-electron chi connectivity index (χ0n) is 18.4. The first kappa shape index (κ1) is 19.4. The van der Waals surface area contributed by atoms with Crippen LogP contribution in [0, 0.1) is 5.92 Å². The molecule has 0 spiro atoms. The maximum Gasteiger partial charge on any atom is 0.270 e. The van der Waals surface area contributed by atoms with Gasteiger partial charge < -0.3 is 20.1 Å². The number of carbonyl (C=O) groups is 1. The predicted octanol–water partition coefficient (Wildman–Crippen LogP) is 3.16. The van der Waals surface area contributed by atoms with Crippen molar-refractivity contribution in [1.29, 1.82) is 0 Å². The van der Waals surface area contributed by atoms with Crippen LogP contribution in [0.1, 0.15) is 41.7 Å². The fourth-order valence-electron chi connectivity index (χ4n) is 5.28. The summed E-state index contributed by atoms with van der Waals surface area (Å²) in [6, 6.07) is 5.98. The second-order valence-electron chi connectivity index (χ2n) is 9.48. The van der Waals surface area contributed by atoms with Gasteiger partial charge in [0.05, 0.1) is 0 Å². The molecule has 2 N–H and O–H groups in total. The molecule has 3 aromatic rings. The Balaban J connectivity index is 1.32. The molecule has 4 aliphatic rings.